The van der Waals surface area contributed by atoms with Crippen LogP contribution in [0.5, 0.6) is 0 Å². The number of H-pyrrole nitrogens is 1. The van der Waals surface area contributed by atoms with Crippen molar-refractivity contribution in [2.24, 2.45) is 5.92 Å². The van der Waals surface area contributed by atoms with Crippen LogP contribution in [0, 0.1) is 5.92 Å². The minimum absolute atomic E-state index is 0.169. The topological polar surface area (TPSA) is 145 Å². The number of thioether (sulfide) groups is 2. The second kappa shape index (κ2) is 18.0. The van der Waals surface area contributed by atoms with Crippen molar-refractivity contribution in [1.29, 1.82) is 0 Å². The number of alkyl carbamates (subject to hydrolysis) is 1. The number of carbonyl (C=O) groups excluding carboxylic acids is 3. The zero-order valence-corrected chi connectivity index (χ0v) is 29.0. The quantitative estimate of drug-likeness (QED) is 0.189. The van der Waals surface area contributed by atoms with E-state index >= 15 is 0 Å². The third kappa shape index (κ3) is 12.5. The van der Waals surface area contributed by atoms with Crippen LogP contribution in [0.3, 0.4) is 0 Å². The molecule has 1 aliphatic carbocycles. The number of carbonyl (C=O) groups is 3. The maximum absolute atomic E-state index is 14.1. The number of imidazole rings is 1. The van der Waals surface area contributed by atoms with Gasteiger partial charge in [0.1, 0.15) is 17.7 Å². The van der Waals surface area contributed by atoms with Gasteiger partial charge in [-0.05, 0) is 63.0 Å². The average Bonchev–Trinajstić information content (AvgIpc) is 3.54. The van der Waals surface area contributed by atoms with E-state index in [0.29, 0.717) is 29.0 Å². The highest BCUT2D eigenvalue weighted by Gasteiger charge is 2.33. The van der Waals surface area contributed by atoms with E-state index < -0.39 is 41.8 Å². The van der Waals surface area contributed by atoms with Gasteiger partial charge < -0.3 is 30.8 Å². The third-order valence-electron chi connectivity index (χ3n) is 8.34. The molecule has 0 spiro atoms. The van der Waals surface area contributed by atoms with E-state index in [2.05, 4.69) is 25.9 Å². The van der Waals surface area contributed by atoms with Gasteiger partial charge in [-0.15, -0.1) is 23.5 Å². The number of ether oxygens (including phenoxy) is 1. The van der Waals surface area contributed by atoms with Crippen LogP contribution in [0.4, 0.5) is 4.79 Å². The Morgan fingerprint density at radius 1 is 0.935 bits per heavy atom. The lowest BCUT2D eigenvalue weighted by molar-refractivity contribution is -0.131. The van der Waals surface area contributed by atoms with E-state index in [0.717, 1.165) is 29.9 Å². The van der Waals surface area contributed by atoms with E-state index in [1.807, 2.05) is 53.9 Å². The molecule has 10 nitrogen and oxygen atoms in total. The minimum atomic E-state index is -0.988. The summed E-state index contributed by atoms with van der Waals surface area (Å²) in [7, 11) is 0. The van der Waals surface area contributed by atoms with Crippen LogP contribution in [0.15, 0.2) is 42.9 Å². The van der Waals surface area contributed by atoms with Gasteiger partial charge >= 0.3 is 6.09 Å². The van der Waals surface area contributed by atoms with Crippen molar-refractivity contribution in [3.05, 3.63) is 54.1 Å². The van der Waals surface area contributed by atoms with Crippen molar-refractivity contribution in [2.45, 2.75) is 119 Å². The Bertz CT molecular complexity index is 1210. The van der Waals surface area contributed by atoms with Gasteiger partial charge in [-0.1, -0.05) is 62.4 Å². The van der Waals surface area contributed by atoms with Gasteiger partial charge in [0.15, 0.2) is 0 Å². The lowest BCUT2D eigenvalue weighted by Gasteiger charge is -2.33. The van der Waals surface area contributed by atoms with Gasteiger partial charge in [-0.25, -0.2) is 9.78 Å². The molecule has 4 atom stereocenters. The van der Waals surface area contributed by atoms with Crippen LogP contribution in [0.2, 0.25) is 0 Å². The Morgan fingerprint density at radius 3 is 2.26 bits per heavy atom. The van der Waals surface area contributed by atoms with Gasteiger partial charge in [0, 0.05) is 24.7 Å². The Hall–Kier alpha value is -2.70. The molecule has 3 amide bonds. The van der Waals surface area contributed by atoms with E-state index in [9.17, 15) is 19.5 Å². The summed E-state index contributed by atoms with van der Waals surface area (Å²) in [5.41, 5.74) is 0.783. The molecule has 5 N–H and O–H groups in total. The molecule has 2 fully saturated rings. The predicted octanol–water partition coefficient (Wildman–Crippen LogP) is 4.98. The molecule has 0 radical (unpaired) electrons. The summed E-state index contributed by atoms with van der Waals surface area (Å²) in [5, 5.41) is 20.3. The Kier molecular flexibility index (Phi) is 14.1. The highest BCUT2D eigenvalue weighted by atomic mass is 32.2. The molecule has 1 aromatic carbocycles. The zero-order valence-electron chi connectivity index (χ0n) is 27.3. The molecule has 46 heavy (non-hydrogen) atoms. The molecule has 1 aromatic heterocycles. The molecule has 0 bridgehead atoms. The maximum Gasteiger partial charge on any atom is 0.408 e. The Balaban J connectivity index is 1.51. The van der Waals surface area contributed by atoms with Crippen molar-refractivity contribution in [2.75, 3.05) is 11.5 Å². The number of nitrogens with one attached hydrogen (secondary N) is 4. The molecular formula is C34H51N5O5S2. The van der Waals surface area contributed by atoms with Crippen molar-refractivity contribution >= 4 is 41.4 Å². The summed E-state index contributed by atoms with van der Waals surface area (Å²) in [5.74, 6) is 1.73. The standard InChI is InChI=1S/C34H51N5O5S2/c1-34(2,3)44-33(43)39-27(18-24-13-8-5-9-14-24)31(41)38-28(19-25-21-35-22-36-25)32(42)37-26(17-23-11-6-4-7-12-23)29(40)20-30-45-15-10-16-46-30/h5,8-9,13-14,21-23,26-30,40H,4,6-7,10-12,15-20H2,1-3H3,(H,35,36)(H,37,42)(H,38,41)(H,39,43)/t26-,27-,28-,29-/m0/s1. The fraction of sp³-hybridized carbons (Fsp3) is 0.647. The molecule has 254 valence electrons. The Labute approximate surface area is 281 Å². The first kappa shape index (κ1) is 36.1. The molecule has 12 heteroatoms. The molecule has 1 saturated carbocycles. The second-order valence-corrected chi connectivity index (χ2v) is 16.3. The molecule has 1 saturated heterocycles. The van der Waals surface area contributed by atoms with Crippen LogP contribution in [0.25, 0.3) is 0 Å². The van der Waals surface area contributed by atoms with Crippen LogP contribution in [0.1, 0.15) is 83.4 Å². The summed E-state index contributed by atoms with van der Waals surface area (Å²) in [6, 6.07) is 7.00. The monoisotopic (exact) mass is 673 g/mol. The molecule has 0 unspecified atom stereocenters. The summed E-state index contributed by atoms with van der Waals surface area (Å²) in [6.07, 6.45) is 10.4. The van der Waals surface area contributed by atoms with Crippen molar-refractivity contribution in [3.63, 3.8) is 0 Å². The van der Waals surface area contributed by atoms with Crippen LogP contribution in [-0.4, -0.2) is 78.9 Å². The molecule has 2 aliphatic rings. The van der Waals surface area contributed by atoms with Gasteiger partial charge in [-0.2, -0.15) is 0 Å². The van der Waals surface area contributed by atoms with Crippen molar-refractivity contribution < 1.29 is 24.2 Å². The number of hydrogen-bond acceptors (Lipinski definition) is 8. The van der Waals surface area contributed by atoms with Gasteiger partial charge in [0.2, 0.25) is 11.8 Å². The maximum atomic E-state index is 14.1. The van der Waals surface area contributed by atoms with Crippen LogP contribution in [-0.2, 0) is 27.2 Å². The number of benzene rings is 1. The first-order valence-electron chi connectivity index (χ1n) is 16.6. The number of hydrogen-bond donors (Lipinski definition) is 5. The lowest BCUT2D eigenvalue weighted by atomic mass is 9.83. The largest absolute Gasteiger partial charge is 0.444 e. The van der Waals surface area contributed by atoms with Gasteiger partial charge in [0.05, 0.1) is 23.1 Å². The molecular weight excluding hydrogens is 623 g/mol. The Morgan fingerprint density at radius 2 is 1.61 bits per heavy atom. The molecule has 2 heterocycles. The fourth-order valence-electron chi connectivity index (χ4n) is 6.02. The smallest absolute Gasteiger partial charge is 0.408 e. The molecule has 4 rings (SSSR count). The number of aliphatic hydroxyl groups excluding tert-OH is 1. The first-order valence-corrected chi connectivity index (χ1v) is 18.7. The highest BCUT2D eigenvalue weighted by Crippen LogP contribution is 2.35. The van der Waals surface area contributed by atoms with Gasteiger partial charge in [0.25, 0.3) is 0 Å². The number of nitrogens with zero attached hydrogens (tertiary/aromatic N) is 1. The number of aromatic amines is 1. The SMILES string of the molecule is CC(C)(C)OC(=O)N[C@@H](Cc1ccccc1)C(=O)N[C@@H](Cc1cnc[nH]1)C(=O)N[C@@H](CC1CCCCC1)[C@@H](O)CC1SCCCS1. The van der Waals surface area contributed by atoms with E-state index in [1.54, 1.807) is 27.0 Å². The minimum Gasteiger partial charge on any atom is -0.444 e. The molecule has 2 aromatic rings. The highest BCUT2D eigenvalue weighted by molar-refractivity contribution is 8.17. The van der Waals surface area contributed by atoms with E-state index in [1.165, 1.54) is 32.0 Å². The number of aromatic nitrogens is 2. The number of rotatable bonds is 14. The zero-order chi connectivity index (χ0) is 32.9. The predicted molar refractivity (Wildman–Crippen MR) is 185 cm³/mol. The van der Waals surface area contributed by atoms with E-state index in [-0.39, 0.29) is 18.7 Å². The number of aliphatic hydroxyl groups is 1. The average molecular weight is 674 g/mol. The van der Waals surface area contributed by atoms with Crippen molar-refractivity contribution in [1.82, 2.24) is 25.9 Å². The normalized spacial score (nSPS) is 19.0. The third-order valence-corrected chi connectivity index (χ3v) is 11.3. The molecule has 1 aliphatic heterocycles. The van der Waals surface area contributed by atoms with Crippen LogP contribution >= 0.6 is 23.5 Å². The second-order valence-electron chi connectivity index (χ2n) is 13.4. The summed E-state index contributed by atoms with van der Waals surface area (Å²) in [6.45, 7) is 5.27. The first-order chi connectivity index (χ1) is 22.1. The van der Waals surface area contributed by atoms with E-state index in [4.69, 9.17) is 4.74 Å². The summed E-state index contributed by atoms with van der Waals surface area (Å²) >= 11 is 3.76. The fourth-order valence-corrected chi connectivity index (χ4v) is 8.98. The van der Waals surface area contributed by atoms with Crippen LogP contribution < -0.4 is 16.0 Å². The lowest BCUT2D eigenvalue weighted by Crippen LogP contribution is -2.57. The van der Waals surface area contributed by atoms with Crippen molar-refractivity contribution in [3.8, 4) is 0 Å². The van der Waals surface area contributed by atoms with Gasteiger partial charge in [-0.3, -0.25) is 9.59 Å². The number of amides is 3. The summed E-state index contributed by atoms with van der Waals surface area (Å²) in [4.78, 5) is 47.8. The summed E-state index contributed by atoms with van der Waals surface area (Å²) < 4.78 is 5.75.